The van der Waals surface area contributed by atoms with Crippen molar-refractivity contribution in [3.05, 3.63) is 35.6 Å². The van der Waals surface area contributed by atoms with Crippen LogP contribution >= 0.6 is 0 Å². The molecule has 1 rings (SSSR count). The number of halogens is 1. The third kappa shape index (κ3) is 4.29. The van der Waals surface area contributed by atoms with Crippen LogP contribution in [0.5, 0.6) is 0 Å². The molecule has 1 aromatic carbocycles. The van der Waals surface area contributed by atoms with Crippen molar-refractivity contribution in [3.8, 4) is 0 Å². The van der Waals surface area contributed by atoms with Gasteiger partial charge in [-0.2, -0.15) is 0 Å². The molecular formula is C13H21FN2. The van der Waals surface area contributed by atoms with Crippen molar-refractivity contribution in [1.29, 1.82) is 0 Å². The predicted molar refractivity (Wildman–Crippen MR) is 65.8 cm³/mol. The van der Waals surface area contributed by atoms with Crippen LogP contribution in [0.1, 0.15) is 19.4 Å². The predicted octanol–water partition coefficient (Wildman–Crippen LogP) is 1.94. The molecule has 0 atom stereocenters. The van der Waals surface area contributed by atoms with Crippen LogP contribution in [0, 0.1) is 11.2 Å². The van der Waals surface area contributed by atoms with E-state index >= 15 is 0 Å². The van der Waals surface area contributed by atoms with E-state index in [-0.39, 0.29) is 11.2 Å². The monoisotopic (exact) mass is 224 g/mol. The lowest BCUT2D eigenvalue weighted by atomic mass is 9.94. The van der Waals surface area contributed by atoms with Crippen molar-refractivity contribution in [2.75, 3.05) is 19.6 Å². The van der Waals surface area contributed by atoms with Gasteiger partial charge < -0.3 is 11.1 Å². The maximum Gasteiger partial charge on any atom is 0.126 e. The second-order valence-corrected chi connectivity index (χ2v) is 4.89. The highest BCUT2D eigenvalue weighted by Crippen LogP contribution is 2.10. The molecule has 0 saturated carbocycles. The number of hydrogen-bond donors (Lipinski definition) is 2. The number of rotatable bonds is 6. The Hall–Kier alpha value is -0.930. The molecule has 0 aliphatic rings. The second-order valence-electron chi connectivity index (χ2n) is 4.89. The molecule has 1 aromatic rings. The summed E-state index contributed by atoms with van der Waals surface area (Å²) in [6, 6.07) is 6.90. The van der Waals surface area contributed by atoms with Crippen molar-refractivity contribution in [1.82, 2.24) is 5.32 Å². The van der Waals surface area contributed by atoms with Crippen molar-refractivity contribution >= 4 is 0 Å². The molecular weight excluding hydrogens is 203 g/mol. The van der Waals surface area contributed by atoms with E-state index in [1.807, 2.05) is 12.1 Å². The molecule has 0 aliphatic carbocycles. The fourth-order valence-corrected chi connectivity index (χ4v) is 1.42. The minimum atomic E-state index is -0.123. The summed E-state index contributed by atoms with van der Waals surface area (Å²) in [5, 5.41) is 3.31. The highest BCUT2D eigenvalue weighted by molar-refractivity contribution is 5.17. The molecule has 16 heavy (non-hydrogen) atoms. The maximum absolute atomic E-state index is 13.3. The Balaban J connectivity index is 2.29. The SMILES string of the molecule is CC(C)(CN)CNCCc1ccccc1F. The zero-order valence-electron chi connectivity index (χ0n) is 10.1. The summed E-state index contributed by atoms with van der Waals surface area (Å²) >= 11 is 0. The first-order valence-corrected chi connectivity index (χ1v) is 5.69. The molecule has 90 valence electrons. The normalized spacial score (nSPS) is 11.8. The van der Waals surface area contributed by atoms with Gasteiger partial charge in [0.25, 0.3) is 0 Å². The first-order valence-electron chi connectivity index (χ1n) is 5.69. The lowest BCUT2D eigenvalue weighted by Crippen LogP contribution is -2.36. The average Bonchev–Trinajstić information content (AvgIpc) is 2.27. The van der Waals surface area contributed by atoms with Gasteiger partial charge in [-0.3, -0.25) is 0 Å². The Morgan fingerprint density at radius 3 is 2.62 bits per heavy atom. The van der Waals surface area contributed by atoms with Gasteiger partial charge in [-0.25, -0.2) is 4.39 Å². The van der Waals surface area contributed by atoms with E-state index in [0.29, 0.717) is 13.0 Å². The summed E-state index contributed by atoms with van der Waals surface area (Å²) < 4.78 is 13.3. The molecule has 0 spiro atoms. The van der Waals surface area contributed by atoms with Crippen LogP contribution < -0.4 is 11.1 Å². The molecule has 0 aliphatic heterocycles. The van der Waals surface area contributed by atoms with E-state index in [4.69, 9.17) is 5.73 Å². The van der Waals surface area contributed by atoms with E-state index in [2.05, 4.69) is 19.2 Å². The Bertz CT molecular complexity index is 323. The lowest BCUT2D eigenvalue weighted by Gasteiger charge is -2.22. The molecule has 2 nitrogen and oxygen atoms in total. The summed E-state index contributed by atoms with van der Waals surface area (Å²) in [6.45, 7) is 6.52. The van der Waals surface area contributed by atoms with Crippen molar-refractivity contribution in [3.63, 3.8) is 0 Å². The van der Waals surface area contributed by atoms with Gasteiger partial charge >= 0.3 is 0 Å². The van der Waals surface area contributed by atoms with Crippen molar-refractivity contribution in [2.24, 2.45) is 11.1 Å². The van der Waals surface area contributed by atoms with E-state index < -0.39 is 0 Å². The Morgan fingerprint density at radius 1 is 1.31 bits per heavy atom. The standard InChI is InChI=1S/C13H21FN2/c1-13(2,9-15)10-16-8-7-11-5-3-4-6-12(11)14/h3-6,16H,7-10,15H2,1-2H3. The van der Waals surface area contributed by atoms with Gasteiger partial charge in [0.15, 0.2) is 0 Å². The van der Waals surface area contributed by atoms with Gasteiger partial charge in [0.2, 0.25) is 0 Å². The summed E-state index contributed by atoms with van der Waals surface area (Å²) in [6.07, 6.45) is 0.716. The largest absolute Gasteiger partial charge is 0.330 e. The number of benzene rings is 1. The maximum atomic E-state index is 13.3. The van der Waals surface area contributed by atoms with Crippen LogP contribution in [0.4, 0.5) is 4.39 Å². The number of nitrogens with two attached hydrogens (primary N) is 1. The highest BCUT2D eigenvalue weighted by atomic mass is 19.1. The summed E-state index contributed by atoms with van der Waals surface area (Å²) in [5.74, 6) is -0.123. The molecule has 0 unspecified atom stereocenters. The van der Waals surface area contributed by atoms with Gasteiger partial charge in [-0.15, -0.1) is 0 Å². The molecule has 0 heterocycles. The number of nitrogens with one attached hydrogen (secondary N) is 1. The van der Waals surface area contributed by atoms with Crippen LogP contribution in [0.25, 0.3) is 0 Å². The van der Waals surface area contributed by atoms with E-state index in [9.17, 15) is 4.39 Å². The summed E-state index contributed by atoms with van der Waals surface area (Å²) in [7, 11) is 0. The number of hydrogen-bond acceptors (Lipinski definition) is 2. The Morgan fingerprint density at radius 2 is 2.00 bits per heavy atom. The molecule has 0 amide bonds. The average molecular weight is 224 g/mol. The molecule has 0 fully saturated rings. The van der Waals surface area contributed by atoms with Crippen LogP contribution in [0.2, 0.25) is 0 Å². The fraction of sp³-hybridized carbons (Fsp3) is 0.538. The molecule has 0 aromatic heterocycles. The van der Waals surface area contributed by atoms with Gasteiger partial charge in [0.05, 0.1) is 0 Å². The van der Waals surface area contributed by atoms with Crippen molar-refractivity contribution < 1.29 is 4.39 Å². The zero-order chi connectivity index (χ0) is 12.0. The Labute approximate surface area is 97.0 Å². The van der Waals surface area contributed by atoms with Gasteiger partial charge in [0.1, 0.15) is 5.82 Å². The van der Waals surface area contributed by atoms with Crippen LogP contribution in [0.15, 0.2) is 24.3 Å². The molecule has 3 heteroatoms. The van der Waals surface area contributed by atoms with Crippen LogP contribution in [0.3, 0.4) is 0 Å². The topological polar surface area (TPSA) is 38.0 Å². The van der Waals surface area contributed by atoms with Crippen molar-refractivity contribution in [2.45, 2.75) is 20.3 Å². The van der Waals surface area contributed by atoms with E-state index in [1.165, 1.54) is 6.07 Å². The fourth-order valence-electron chi connectivity index (χ4n) is 1.42. The lowest BCUT2D eigenvalue weighted by molar-refractivity contribution is 0.353. The van der Waals surface area contributed by atoms with Gasteiger partial charge in [-0.1, -0.05) is 32.0 Å². The highest BCUT2D eigenvalue weighted by Gasteiger charge is 2.14. The third-order valence-corrected chi connectivity index (χ3v) is 2.69. The first kappa shape index (κ1) is 13.1. The van der Waals surface area contributed by atoms with Gasteiger partial charge in [-0.05, 0) is 36.6 Å². The van der Waals surface area contributed by atoms with E-state index in [1.54, 1.807) is 6.07 Å². The summed E-state index contributed by atoms with van der Waals surface area (Å²) in [5.41, 5.74) is 6.49. The zero-order valence-corrected chi connectivity index (χ0v) is 10.1. The molecule has 0 radical (unpaired) electrons. The minimum Gasteiger partial charge on any atom is -0.330 e. The molecule has 0 bridgehead atoms. The smallest absolute Gasteiger partial charge is 0.126 e. The third-order valence-electron chi connectivity index (χ3n) is 2.69. The first-order chi connectivity index (χ1) is 7.55. The van der Waals surface area contributed by atoms with Crippen LogP contribution in [-0.4, -0.2) is 19.6 Å². The second kappa shape index (κ2) is 5.97. The van der Waals surface area contributed by atoms with Crippen LogP contribution in [-0.2, 0) is 6.42 Å². The Kier molecular flexibility index (Phi) is 4.90. The van der Waals surface area contributed by atoms with Gasteiger partial charge in [0, 0.05) is 6.54 Å². The summed E-state index contributed by atoms with van der Waals surface area (Å²) in [4.78, 5) is 0. The minimum absolute atomic E-state index is 0.106. The molecule has 0 saturated heterocycles. The quantitative estimate of drug-likeness (QED) is 0.725. The van der Waals surface area contributed by atoms with E-state index in [0.717, 1.165) is 18.7 Å². The molecule has 3 N–H and O–H groups in total.